The van der Waals surface area contributed by atoms with E-state index < -0.39 is 11.9 Å². The predicted octanol–water partition coefficient (Wildman–Crippen LogP) is 0.415. The van der Waals surface area contributed by atoms with Crippen molar-refractivity contribution in [1.82, 2.24) is 10.2 Å². The number of nitrogens with zero attached hydrogens (tertiary/aromatic N) is 1. The summed E-state index contributed by atoms with van der Waals surface area (Å²) in [5.41, 5.74) is 8.28. The van der Waals surface area contributed by atoms with E-state index in [1.54, 1.807) is 0 Å². The highest BCUT2D eigenvalue weighted by atomic mass is 16.4. The molecule has 0 aliphatic heterocycles. The van der Waals surface area contributed by atoms with Crippen molar-refractivity contribution in [3.63, 3.8) is 0 Å². The third-order valence-corrected chi connectivity index (χ3v) is 2.95. The molecule has 2 rings (SSSR count). The van der Waals surface area contributed by atoms with E-state index in [1.807, 2.05) is 0 Å². The topological polar surface area (TPSA) is 92.0 Å². The second-order valence-corrected chi connectivity index (χ2v) is 3.90. The molecule has 1 aromatic heterocycles. The molecule has 0 bridgehead atoms. The van der Waals surface area contributed by atoms with Crippen LogP contribution < -0.4 is 5.73 Å². The predicted molar refractivity (Wildman–Crippen MR) is 54.7 cm³/mol. The van der Waals surface area contributed by atoms with Crippen LogP contribution >= 0.6 is 0 Å². The van der Waals surface area contributed by atoms with Crippen molar-refractivity contribution in [2.24, 2.45) is 5.73 Å². The molecule has 1 atom stereocenters. The zero-order valence-electron chi connectivity index (χ0n) is 8.49. The Morgan fingerprint density at radius 2 is 2.27 bits per heavy atom. The number of nitrogens with one attached hydrogen (secondary N) is 1. The number of fused-ring (bicyclic) bond motifs is 1. The molecule has 1 aromatic rings. The number of carboxylic acids is 1. The molecule has 1 aliphatic carbocycles. The smallest absolute Gasteiger partial charge is 0.313 e. The van der Waals surface area contributed by atoms with Gasteiger partial charge in [0.2, 0.25) is 0 Å². The summed E-state index contributed by atoms with van der Waals surface area (Å²) in [6.07, 6.45) is 4.15. The second kappa shape index (κ2) is 4.02. The van der Waals surface area contributed by atoms with Crippen LogP contribution in [0.15, 0.2) is 0 Å². The van der Waals surface area contributed by atoms with Crippen LogP contribution in [-0.4, -0.2) is 27.8 Å². The van der Waals surface area contributed by atoms with Gasteiger partial charge in [-0.1, -0.05) is 0 Å². The van der Waals surface area contributed by atoms with E-state index in [0.717, 1.165) is 36.9 Å². The summed E-state index contributed by atoms with van der Waals surface area (Å²) < 4.78 is 0. The number of nitrogens with two attached hydrogens (primary N) is 1. The molecule has 1 aliphatic rings. The molecule has 0 aromatic carbocycles. The van der Waals surface area contributed by atoms with Crippen molar-refractivity contribution in [3.8, 4) is 0 Å². The van der Waals surface area contributed by atoms with Crippen molar-refractivity contribution in [1.29, 1.82) is 0 Å². The number of rotatable bonds is 3. The quantitative estimate of drug-likeness (QED) is 0.672. The van der Waals surface area contributed by atoms with Gasteiger partial charge in [-0.25, -0.2) is 0 Å². The lowest BCUT2D eigenvalue weighted by Gasteiger charge is -2.13. The van der Waals surface area contributed by atoms with Crippen molar-refractivity contribution < 1.29 is 9.90 Å². The van der Waals surface area contributed by atoms with Crippen molar-refractivity contribution in [2.75, 3.05) is 6.54 Å². The van der Waals surface area contributed by atoms with E-state index in [9.17, 15) is 4.79 Å². The lowest BCUT2D eigenvalue weighted by Crippen LogP contribution is -2.23. The number of carbonyl (C=O) groups is 1. The highest BCUT2D eigenvalue weighted by Crippen LogP contribution is 2.26. The van der Waals surface area contributed by atoms with Crippen LogP contribution in [0, 0.1) is 0 Å². The van der Waals surface area contributed by atoms with Gasteiger partial charge in [0.05, 0.1) is 5.69 Å². The lowest BCUT2D eigenvalue weighted by molar-refractivity contribution is -0.138. The molecule has 0 radical (unpaired) electrons. The zero-order chi connectivity index (χ0) is 10.8. The van der Waals surface area contributed by atoms with Crippen molar-refractivity contribution >= 4 is 5.97 Å². The lowest BCUT2D eigenvalue weighted by atomic mass is 9.91. The number of hydrogen-bond donors (Lipinski definition) is 3. The molecule has 4 N–H and O–H groups in total. The minimum absolute atomic E-state index is 0.104. The summed E-state index contributed by atoms with van der Waals surface area (Å²) in [6.45, 7) is 0.104. The van der Waals surface area contributed by atoms with Gasteiger partial charge in [-0.05, 0) is 31.2 Å². The fraction of sp³-hybridized carbons (Fsp3) is 0.600. The minimum Gasteiger partial charge on any atom is -0.481 e. The van der Waals surface area contributed by atoms with Crippen LogP contribution in [0.4, 0.5) is 0 Å². The number of aliphatic carboxylic acids is 1. The maximum absolute atomic E-state index is 11.0. The van der Waals surface area contributed by atoms with Crippen LogP contribution in [0.1, 0.15) is 35.7 Å². The van der Waals surface area contributed by atoms with Gasteiger partial charge in [-0.2, -0.15) is 5.10 Å². The Morgan fingerprint density at radius 1 is 1.53 bits per heavy atom. The average Bonchev–Trinajstić information content (AvgIpc) is 2.63. The third kappa shape index (κ3) is 1.74. The summed E-state index contributed by atoms with van der Waals surface area (Å²) >= 11 is 0. The van der Waals surface area contributed by atoms with Gasteiger partial charge in [0.1, 0.15) is 5.92 Å². The molecule has 0 saturated carbocycles. The first-order chi connectivity index (χ1) is 7.24. The molecule has 0 spiro atoms. The zero-order valence-corrected chi connectivity index (χ0v) is 8.49. The molecule has 15 heavy (non-hydrogen) atoms. The minimum atomic E-state index is -0.891. The second-order valence-electron chi connectivity index (χ2n) is 3.90. The molecular weight excluding hydrogens is 194 g/mol. The molecule has 1 unspecified atom stereocenters. The largest absolute Gasteiger partial charge is 0.481 e. The number of aryl methyl sites for hydroxylation is 1. The monoisotopic (exact) mass is 209 g/mol. The van der Waals surface area contributed by atoms with E-state index in [2.05, 4.69) is 10.2 Å². The summed E-state index contributed by atoms with van der Waals surface area (Å²) in [5, 5.41) is 16.0. The Hall–Kier alpha value is -1.36. The molecular formula is C10H15N3O2. The number of hydrogen-bond acceptors (Lipinski definition) is 3. The standard InChI is InChI=1S/C10H15N3O2/c11-5-7(10(14)15)9-6-3-1-2-4-8(6)12-13-9/h7H,1-5,11H2,(H,12,13)(H,14,15). The van der Waals surface area contributed by atoms with Gasteiger partial charge in [-0.15, -0.1) is 0 Å². The Morgan fingerprint density at radius 3 is 2.93 bits per heavy atom. The molecule has 0 amide bonds. The number of aromatic amines is 1. The first-order valence-corrected chi connectivity index (χ1v) is 5.23. The highest BCUT2D eigenvalue weighted by molar-refractivity contribution is 5.76. The number of H-pyrrole nitrogens is 1. The summed E-state index contributed by atoms with van der Waals surface area (Å²) in [7, 11) is 0. The van der Waals surface area contributed by atoms with E-state index in [0.29, 0.717) is 5.69 Å². The van der Waals surface area contributed by atoms with Gasteiger partial charge in [-0.3, -0.25) is 9.89 Å². The van der Waals surface area contributed by atoms with Crippen LogP contribution in [-0.2, 0) is 17.6 Å². The SMILES string of the molecule is NCC(C(=O)O)c1n[nH]c2c1CCCC2. The Balaban J connectivity index is 2.35. The molecule has 0 saturated heterocycles. The Labute approximate surface area is 87.7 Å². The van der Waals surface area contributed by atoms with Crippen molar-refractivity contribution in [2.45, 2.75) is 31.6 Å². The molecule has 0 fully saturated rings. The van der Waals surface area contributed by atoms with E-state index in [4.69, 9.17) is 10.8 Å². The first-order valence-electron chi connectivity index (χ1n) is 5.23. The first kappa shape index (κ1) is 10.2. The number of aromatic nitrogens is 2. The molecule has 1 heterocycles. The normalized spacial score (nSPS) is 17.1. The molecule has 5 heteroatoms. The van der Waals surface area contributed by atoms with E-state index in [1.165, 1.54) is 0 Å². The Kier molecular flexibility index (Phi) is 2.73. The summed E-state index contributed by atoms with van der Waals surface area (Å²) in [5.74, 6) is -1.56. The fourth-order valence-electron chi connectivity index (χ4n) is 2.12. The maximum atomic E-state index is 11.0. The van der Waals surface area contributed by atoms with Crippen LogP contribution in [0.3, 0.4) is 0 Å². The van der Waals surface area contributed by atoms with Gasteiger partial charge in [0.15, 0.2) is 0 Å². The summed E-state index contributed by atoms with van der Waals surface area (Å²) in [4.78, 5) is 11.0. The maximum Gasteiger partial charge on any atom is 0.313 e. The average molecular weight is 209 g/mol. The van der Waals surface area contributed by atoms with Gasteiger partial charge >= 0.3 is 5.97 Å². The van der Waals surface area contributed by atoms with Crippen LogP contribution in [0.25, 0.3) is 0 Å². The van der Waals surface area contributed by atoms with Crippen molar-refractivity contribution in [3.05, 3.63) is 17.0 Å². The van der Waals surface area contributed by atoms with Crippen LogP contribution in [0.5, 0.6) is 0 Å². The van der Waals surface area contributed by atoms with E-state index >= 15 is 0 Å². The Bertz CT molecular complexity index is 373. The van der Waals surface area contributed by atoms with Gasteiger partial charge in [0.25, 0.3) is 0 Å². The van der Waals surface area contributed by atoms with Crippen LogP contribution in [0.2, 0.25) is 0 Å². The third-order valence-electron chi connectivity index (χ3n) is 2.95. The molecule has 5 nitrogen and oxygen atoms in total. The fourth-order valence-corrected chi connectivity index (χ4v) is 2.12. The highest BCUT2D eigenvalue weighted by Gasteiger charge is 2.26. The molecule has 82 valence electrons. The summed E-state index contributed by atoms with van der Waals surface area (Å²) in [6, 6.07) is 0. The number of carboxylic acid groups (broad SMARTS) is 1. The van der Waals surface area contributed by atoms with E-state index in [-0.39, 0.29) is 6.54 Å². The van der Waals surface area contributed by atoms with Gasteiger partial charge in [0, 0.05) is 12.2 Å². The van der Waals surface area contributed by atoms with Gasteiger partial charge < -0.3 is 10.8 Å².